The third kappa shape index (κ3) is 4.49. The van der Waals surface area contributed by atoms with Gasteiger partial charge in [-0.25, -0.2) is 36.4 Å². The summed E-state index contributed by atoms with van der Waals surface area (Å²) in [6.07, 6.45) is 3.36. The number of carbonyl (C=O) groups is 1. The smallest absolute Gasteiger partial charge is 0.359 e. The molecule has 9 nitrogen and oxygen atoms in total. The van der Waals surface area contributed by atoms with E-state index < -0.39 is 55.5 Å². The second-order valence-electron chi connectivity index (χ2n) is 7.07. The number of imidazole rings is 1. The Balaban J connectivity index is 1.75. The number of hydrogen-bond donors (Lipinski definition) is 1. The fraction of sp³-hybridized carbons (Fsp3) is 0.136. The first kappa shape index (κ1) is 24.0. The first-order valence-corrected chi connectivity index (χ1v) is 11.5. The molecule has 0 atom stereocenters. The zero-order valence-electron chi connectivity index (χ0n) is 18.3. The summed E-state index contributed by atoms with van der Waals surface area (Å²) in [7, 11) is -3.43. The van der Waals surface area contributed by atoms with Crippen LogP contribution in [0, 0.1) is 17.5 Å². The van der Waals surface area contributed by atoms with Gasteiger partial charge in [0.25, 0.3) is 10.0 Å². The Morgan fingerprint density at radius 3 is 2.63 bits per heavy atom. The molecule has 0 amide bonds. The molecule has 0 saturated carbocycles. The maximum absolute atomic E-state index is 15.4. The molecule has 0 aliphatic carbocycles. The molecule has 0 radical (unpaired) electrons. The summed E-state index contributed by atoms with van der Waals surface area (Å²) in [5.74, 6) is -4.21. The second-order valence-corrected chi connectivity index (χ2v) is 8.73. The Labute approximate surface area is 197 Å². The molecule has 13 heteroatoms. The normalized spacial score (nSPS) is 11.5. The van der Waals surface area contributed by atoms with Gasteiger partial charge in [0.2, 0.25) is 5.88 Å². The van der Waals surface area contributed by atoms with E-state index in [1.165, 1.54) is 29.1 Å². The lowest BCUT2D eigenvalue weighted by Gasteiger charge is -2.14. The molecule has 35 heavy (non-hydrogen) atoms. The van der Waals surface area contributed by atoms with Crippen molar-refractivity contribution in [1.29, 1.82) is 0 Å². The minimum atomic E-state index is -4.57. The number of benzene rings is 1. The third-order valence-corrected chi connectivity index (χ3v) is 6.25. The van der Waals surface area contributed by atoms with Crippen molar-refractivity contribution in [3.63, 3.8) is 0 Å². The van der Waals surface area contributed by atoms with Gasteiger partial charge in [0.1, 0.15) is 18.0 Å². The minimum Gasteiger partial charge on any atom is -0.480 e. The highest BCUT2D eigenvalue weighted by Gasteiger charge is 2.25. The summed E-state index contributed by atoms with van der Waals surface area (Å²) in [6.45, 7) is 1.79. The summed E-state index contributed by atoms with van der Waals surface area (Å²) in [4.78, 5) is 18.9. The number of hydrogen-bond acceptors (Lipinski definition) is 7. The largest absolute Gasteiger partial charge is 0.480 e. The number of anilines is 1. The van der Waals surface area contributed by atoms with E-state index in [-0.39, 0.29) is 17.9 Å². The van der Waals surface area contributed by atoms with Gasteiger partial charge in [-0.3, -0.25) is 4.72 Å². The van der Waals surface area contributed by atoms with Crippen LogP contribution in [0.1, 0.15) is 17.4 Å². The third-order valence-electron chi connectivity index (χ3n) is 4.89. The molecular formula is C22H17F3N4O5S. The van der Waals surface area contributed by atoms with Gasteiger partial charge < -0.3 is 13.9 Å². The van der Waals surface area contributed by atoms with Crippen LogP contribution in [0.3, 0.4) is 0 Å². The number of nitrogens with zero attached hydrogens (tertiary/aromatic N) is 3. The van der Waals surface area contributed by atoms with E-state index in [0.29, 0.717) is 11.6 Å². The molecule has 0 aliphatic rings. The van der Waals surface area contributed by atoms with Gasteiger partial charge in [0.15, 0.2) is 16.4 Å². The predicted molar refractivity (Wildman–Crippen MR) is 118 cm³/mol. The summed E-state index contributed by atoms with van der Waals surface area (Å²) in [5.41, 5.74) is -0.728. The molecule has 0 aliphatic heterocycles. The zero-order valence-corrected chi connectivity index (χ0v) is 19.1. The van der Waals surface area contributed by atoms with Gasteiger partial charge in [0, 0.05) is 17.8 Å². The van der Waals surface area contributed by atoms with E-state index in [1.54, 1.807) is 6.92 Å². The number of carbonyl (C=O) groups excluding carboxylic acids is 1. The Morgan fingerprint density at radius 1 is 1.14 bits per heavy atom. The molecule has 4 rings (SSSR count). The molecule has 3 heterocycles. The van der Waals surface area contributed by atoms with Crippen molar-refractivity contribution in [2.75, 3.05) is 18.4 Å². The minimum absolute atomic E-state index is 0.0264. The fourth-order valence-electron chi connectivity index (χ4n) is 3.35. The SMILES string of the molecule is CCOC(=O)c1ncn2cc(-c3c(F)ccc(NS(=O)(=O)c4cc(F)cnc4OC)c3F)ccc12. The maximum atomic E-state index is 15.4. The molecule has 0 unspecified atom stereocenters. The number of aromatic nitrogens is 3. The number of pyridine rings is 2. The first-order chi connectivity index (χ1) is 16.7. The van der Waals surface area contributed by atoms with Gasteiger partial charge in [-0.05, 0) is 25.1 Å². The van der Waals surface area contributed by atoms with E-state index >= 15 is 4.39 Å². The van der Waals surface area contributed by atoms with Crippen LogP contribution in [0.5, 0.6) is 5.88 Å². The standard InChI is InChI=1S/C22H17F3N4O5S/c1-3-34-22(30)20-16-7-4-12(10-29(16)11-27-20)18-14(24)5-6-15(19(18)25)28-35(31,32)17-8-13(23)9-26-21(17)33-2/h4-11,28H,3H2,1-2H3. The first-order valence-electron chi connectivity index (χ1n) is 10.0. The van der Waals surface area contributed by atoms with Crippen LogP contribution in [0.4, 0.5) is 18.9 Å². The highest BCUT2D eigenvalue weighted by molar-refractivity contribution is 7.92. The lowest BCUT2D eigenvalue weighted by molar-refractivity contribution is 0.0522. The predicted octanol–water partition coefficient (Wildman–Crippen LogP) is 3.80. The fourth-order valence-corrected chi connectivity index (χ4v) is 4.55. The van der Waals surface area contributed by atoms with Crippen molar-refractivity contribution in [1.82, 2.24) is 14.4 Å². The number of nitrogens with one attached hydrogen (secondary N) is 1. The Kier molecular flexibility index (Phi) is 6.35. The lowest BCUT2D eigenvalue weighted by Crippen LogP contribution is -2.16. The summed E-state index contributed by atoms with van der Waals surface area (Å²) in [6, 6.07) is 5.19. The highest BCUT2D eigenvalue weighted by Crippen LogP contribution is 2.33. The molecule has 0 spiro atoms. The highest BCUT2D eigenvalue weighted by atomic mass is 32.2. The quantitative estimate of drug-likeness (QED) is 0.380. The summed E-state index contributed by atoms with van der Waals surface area (Å²) < 4.78 is 82.4. The number of ether oxygens (including phenoxy) is 2. The van der Waals surface area contributed by atoms with Crippen LogP contribution in [-0.2, 0) is 14.8 Å². The number of methoxy groups -OCH3 is 1. The van der Waals surface area contributed by atoms with Gasteiger partial charge >= 0.3 is 5.97 Å². The van der Waals surface area contributed by atoms with Crippen molar-refractivity contribution in [2.24, 2.45) is 0 Å². The molecule has 0 bridgehead atoms. The van der Waals surface area contributed by atoms with E-state index in [2.05, 4.69) is 9.97 Å². The molecule has 0 saturated heterocycles. The van der Waals surface area contributed by atoms with Gasteiger partial charge in [-0.1, -0.05) is 6.07 Å². The average Bonchev–Trinajstić information content (AvgIpc) is 3.25. The molecule has 3 aromatic heterocycles. The van der Waals surface area contributed by atoms with Crippen molar-refractivity contribution >= 4 is 27.2 Å². The van der Waals surface area contributed by atoms with Crippen LogP contribution in [0.25, 0.3) is 16.6 Å². The van der Waals surface area contributed by atoms with Crippen molar-refractivity contribution in [3.05, 3.63) is 72.2 Å². The van der Waals surface area contributed by atoms with Crippen molar-refractivity contribution in [2.45, 2.75) is 11.8 Å². The van der Waals surface area contributed by atoms with Crippen LogP contribution in [0.2, 0.25) is 0 Å². The van der Waals surface area contributed by atoms with Crippen molar-refractivity contribution in [3.8, 4) is 17.0 Å². The van der Waals surface area contributed by atoms with E-state index in [4.69, 9.17) is 9.47 Å². The number of halogens is 3. The van der Waals surface area contributed by atoms with Gasteiger partial charge in [0.05, 0.1) is 36.7 Å². The number of fused-ring (bicyclic) bond motifs is 1. The zero-order chi connectivity index (χ0) is 25.3. The summed E-state index contributed by atoms with van der Waals surface area (Å²) in [5, 5.41) is 0. The Morgan fingerprint density at radius 2 is 1.91 bits per heavy atom. The molecule has 1 N–H and O–H groups in total. The molecular weight excluding hydrogens is 489 g/mol. The van der Waals surface area contributed by atoms with E-state index in [9.17, 15) is 22.0 Å². The maximum Gasteiger partial charge on any atom is 0.359 e. The average molecular weight is 506 g/mol. The Bertz CT molecular complexity index is 1560. The molecule has 4 aromatic rings. The molecule has 182 valence electrons. The molecule has 1 aromatic carbocycles. The van der Waals surface area contributed by atoms with Crippen molar-refractivity contribution < 1.29 is 35.9 Å². The van der Waals surface area contributed by atoms with Crippen LogP contribution in [-0.4, -0.2) is 42.5 Å². The second kappa shape index (κ2) is 9.25. The Hall–Kier alpha value is -4.13. The van der Waals surface area contributed by atoms with Crippen LogP contribution in [0.15, 0.2) is 53.9 Å². The number of sulfonamides is 1. The topological polar surface area (TPSA) is 112 Å². The number of rotatable bonds is 7. The number of esters is 1. The van der Waals surface area contributed by atoms with Gasteiger partial charge in [-0.15, -0.1) is 0 Å². The van der Waals surface area contributed by atoms with Crippen LogP contribution < -0.4 is 9.46 Å². The van der Waals surface area contributed by atoms with E-state index in [1.807, 2.05) is 4.72 Å². The van der Waals surface area contributed by atoms with E-state index in [0.717, 1.165) is 25.4 Å². The monoisotopic (exact) mass is 506 g/mol. The molecule has 0 fully saturated rings. The van der Waals surface area contributed by atoms with Crippen LogP contribution >= 0.6 is 0 Å². The summed E-state index contributed by atoms with van der Waals surface area (Å²) >= 11 is 0. The lowest BCUT2D eigenvalue weighted by atomic mass is 10.1. The van der Waals surface area contributed by atoms with Gasteiger partial charge in [-0.2, -0.15) is 0 Å².